The molecule has 0 aliphatic carbocycles. The van der Waals surface area contributed by atoms with Gasteiger partial charge in [0.2, 0.25) is 0 Å². The molecule has 0 saturated carbocycles. The molecule has 4 aromatic rings. The molecule has 5 nitrogen and oxygen atoms in total. The molecule has 0 saturated heterocycles. The molecule has 4 rings (SSSR count). The summed E-state index contributed by atoms with van der Waals surface area (Å²) in [6, 6.07) is 13.9. The van der Waals surface area contributed by atoms with E-state index in [1.54, 1.807) is 6.20 Å². The standard InChI is InChI=1S/C18H15N5/c1-12-4-3-5-17(21-12)23-16-10-14(6-7-15(16)11-20-23)18-19-9-8-13(2)22-18/h3-11H,1-2H3. The van der Waals surface area contributed by atoms with Crippen molar-refractivity contribution in [2.45, 2.75) is 13.8 Å². The van der Waals surface area contributed by atoms with Crippen molar-refractivity contribution in [3.8, 4) is 17.2 Å². The normalized spacial score (nSPS) is 11.0. The Morgan fingerprint density at radius 3 is 2.61 bits per heavy atom. The number of hydrogen-bond acceptors (Lipinski definition) is 4. The summed E-state index contributed by atoms with van der Waals surface area (Å²) in [6.07, 6.45) is 3.63. The quantitative estimate of drug-likeness (QED) is 0.568. The molecular formula is C18H15N5. The number of aryl methyl sites for hydroxylation is 2. The van der Waals surface area contributed by atoms with Crippen molar-refractivity contribution in [1.82, 2.24) is 24.7 Å². The minimum absolute atomic E-state index is 0.719. The highest BCUT2D eigenvalue weighted by molar-refractivity contribution is 5.84. The molecule has 0 aliphatic heterocycles. The summed E-state index contributed by atoms with van der Waals surface area (Å²) >= 11 is 0. The molecule has 0 radical (unpaired) electrons. The molecule has 3 aromatic heterocycles. The van der Waals surface area contributed by atoms with Crippen LogP contribution in [0.4, 0.5) is 0 Å². The summed E-state index contributed by atoms with van der Waals surface area (Å²) in [5.74, 6) is 1.53. The van der Waals surface area contributed by atoms with Crippen LogP contribution in [0.3, 0.4) is 0 Å². The lowest BCUT2D eigenvalue weighted by Gasteiger charge is -2.05. The highest BCUT2D eigenvalue weighted by atomic mass is 15.3. The van der Waals surface area contributed by atoms with Crippen molar-refractivity contribution in [3.63, 3.8) is 0 Å². The minimum atomic E-state index is 0.719. The molecule has 0 spiro atoms. The summed E-state index contributed by atoms with van der Waals surface area (Å²) in [5, 5.41) is 5.53. The predicted molar refractivity (Wildman–Crippen MR) is 89.4 cm³/mol. The van der Waals surface area contributed by atoms with Crippen LogP contribution in [0.5, 0.6) is 0 Å². The zero-order valence-electron chi connectivity index (χ0n) is 12.9. The average Bonchev–Trinajstić information content (AvgIpc) is 2.98. The lowest BCUT2D eigenvalue weighted by molar-refractivity contribution is 0.867. The van der Waals surface area contributed by atoms with Crippen LogP contribution in [-0.4, -0.2) is 24.7 Å². The van der Waals surface area contributed by atoms with Crippen LogP contribution in [0.1, 0.15) is 11.4 Å². The van der Waals surface area contributed by atoms with Gasteiger partial charge in [0.15, 0.2) is 11.6 Å². The fourth-order valence-corrected chi connectivity index (χ4v) is 2.57. The molecule has 23 heavy (non-hydrogen) atoms. The molecule has 0 bridgehead atoms. The molecule has 0 unspecified atom stereocenters. The number of aromatic nitrogens is 5. The van der Waals surface area contributed by atoms with Gasteiger partial charge in [-0.3, -0.25) is 0 Å². The van der Waals surface area contributed by atoms with E-state index in [4.69, 9.17) is 0 Å². The third kappa shape index (κ3) is 2.46. The summed E-state index contributed by atoms with van der Waals surface area (Å²) in [5.41, 5.74) is 3.87. The van der Waals surface area contributed by atoms with Crippen molar-refractivity contribution in [2.75, 3.05) is 0 Å². The van der Waals surface area contributed by atoms with Gasteiger partial charge >= 0.3 is 0 Å². The highest BCUT2D eigenvalue weighted by Crippen LogP contribution is 2.23. The molecule has 3 heterocycles. The van der Waals surface area contributed by atoms with E-state index in [0.29, 0.717) is 0 Å². The van der Waals surface area contributed by atoms with E-state index in [0.717, 1.165) is 39.5 Å². The van der Waals surface area contributed by atoms with E-state index in [1.165, 1.54) is 0 Å². The number of fused-ring (bicyclic) bond motifs is 1. The Morgan fingerprint density at radius 1 is 0.913 bits per heavy atom. The van der Waals surface area contributed by atoms with Crippen molar-refractivity contribution in [1.29, 1.82) is 0 Å². The van der Waals surface area contributed by atoms with Gasteiger partial charge in [0.25, 0.3) is 0 Å². The van der Waals surface area contributed by atoms with E-state index in [9.17, 15) is 0 Å². The fraction of sp³-hybridized carbons (Fsp3) is 0.111. The second kappa shape index (κ2) is 5.28. The monoisotopic (exact) mass is 301 g/mol. The average molecular weight is 301 g/mol. The first kappa shape index (κ1) is 13.6. The Balaban J connectivity index is 1.90. The molecular weight excluding hydrogens is 286 g/mol. The Bertz CT molecular complexity index is 1000. The largest absolute Gasteiger partial charge is 0.237 e. The number of benzene rings is 1. The fourth-order valence-electron chi connectivity index (χ4n) is 2.57. The Kier molecular flexibility index (Phi) is 3.12. The zero-order valence-corrected chi connectivity index (χ0v) is 12.9. The second-order valence-electron chi connectivity index (χ2n) is 5.49. The summed E-state index contributed by atoms with van der Waals surface area (Å²) in [4.78, 5) is 13.4. The zero-order chi connectivity index (χ0) is 15.8. The van der Waals surface area contributed by atoms with Gasteiger partial charge in [-0.1, -0.05) is 18.2 Å². The van der Waals surface area contributed by atoms with Gasteiger partial charge in [-0.05, 0) is 38.1 Å². The summed E-state index contributed by atoms with van der Waals surface area (Å²) < 4.78 is 1.85. The molecule has 0 N–H and O–H groups in total. The lowest BCUT2D eigenvalue weighted by atomic mass is 10.1. The minimum Gasteiger partial charge on any atom is -0.237 e. The lowest BCUT2D eigenvalue weighted by Crippen LogP contribution is -2.00. The van der Waals surface area contributed by atoms with Gasteiger partial charge in [-0.2, -0.15) is 5.10 Å². The molecule has 0 aliphatic rings. The van der Waals surface area contributed by atoms with Crippen molar-refractivity contribution in [2.24, 2.45) is 0 Å². The van der Waals surface area contributed by atoms with E-state index >= 15 is 0 Å². The van der Waals surface area contributed by atoms with Crippen molar-refractivity contribution >= 4 is 10.9 Å². The third-order valence-electron chi connectivity index (χ3n) is 3.71. The number of rotatable bonds is 2. The molecule has 0 amide bonds. The topological polar surface area (TPSA) is 56.5 Å². The Hall–Kier alpha value is -3.08. The van der Waals surface area contributed by atoms with Gasteiger partial charge in [-0.25, -0.2) is 19.6 Å². The first-order valence-electron chi connectivity index (χ1n) is 7.42. The van der Waals surface area contributed by atoms with Crippen LogP contribution in [0.15, 0.2) is 54.9 Å². The summed E-state index contributed by atoms with van der Waals surface area (Å²) in [7, 11) is 0. The van der Waals surface area contributed by atoms with Gasteiger partial charge in [-0.15, -0.1) is 0 Å². The second-order valence-corrected chi connectivity index (χ2v) is 5.49. The third-order valence-corrected chi connectivity index (χ3v) is 3.71. The van der Waals surface area contributed by atoms with Crippen molar-refractivity contribution < 1.29 is 0 Å². The van der Waals surface area contributed by atoms with Crippen LogP contribution in [0.25, 0.3) is 28.1 Å². The number of pyridine rings is 1. The van der Waals surface area contributed by atoms with Crippen LogP contribution in [0.2, 0.25) is 0 Å². The molecule has 1 aromatic carbocycles. The van der Waals surface area contributed by atoms with Crippen LogP contribution in [-0.2, 0) is 0 Å². The van der Waals surface area contributed by atoms with E-state index in [1.807, 2.05) is 61.1 Å². The SMILES string of the molecule is Cc1cccc(-n2ncc3ccc(-c4nccc(C)n4)cc32)n1. The highest BCUT2D eigenvalue weighted by Gasteiger charge is 2.09. The van der Waals surface area contributed by atoms with Crippen molar-refractivity contribution in [3.05, 3.63) is 66.2 Å². The maximum Gasteiger partial charge on any atom is 0.159 e. The maximum atomic E-state index is 4.55. The van der Waals surface area contributed by atoms with Gasteiger partial charge in [0.05, 0.1) is 11.7 Å². The van der Waals surface area contributed by atoms with Crippen LogP contribution >= 0.6 is 0 Å². The number of hydrogen-bond donors (Lipinski definition) is 0. The Morgan fingerprint density at radius 2 is 1.78 bits per heavy atom. The molecule has 112 valence electrons. The van der Waals surface area contributed by atoms with E-state index in [2.05, 4.69) is 26.1 Å². The smallest absolute Gasteiger partial charge is 0.159 e. The molecule has 5 heteroatoms. The number of nitrogens with zero attached hydrogens (tertiary/aromatic N) is 5. The van der Waals surface area contributed by atoms with Gasteiger partial charge < -0.3 is 0 Å². The van der Waals surface area contributed by atoms with Gasteiger partial charge in [0.1, 0.15) is 0 Å². The predicted octanol–water partition coefficient (Wildman–Crippen LogP) is 3.49. The van der Waals surface area contributed by atoms with E-state index in [-0.39, 0.29) is 0 Å². The first-order valence-corrected chi connectivity index (χ1v) is 7.42. The molecule has 0 fully saturated rings. The van der Waals surface area contributed by atoms with Crippen LogP contribution in [0, 0.1) is 13.8 Å². The Labute approximate surface area is 133 Å². The molecule has 0 atom stereocenters. The maximum absolute atomic E-state index is 4.55. The van der Waals surface area contributed by atoms with E-state index < -0.39 is 0 Å². The first-order chi connectivity index (χ1) is 11.2. The van der Waals surface area contributed by atoms with Crippen LogP contribution < -0.4 is 0 Å². The van der Waals surface area contributed by atoms with Gasteiger partial charge in [0, 0.05) is 28.5 Å². The summed E-state index contributed by atoms with van der Waals surface area (Å²) in [6.45, 7) is 3.94.